The van der Waals surface area contributed by atoms with E-state index in [1.54, 1.807) is 22.9 Å². The van der Waals surface area contributed by atoms with E-state index in [0.717, 1.165) is 42.1 Å². The second kappa shape index (κ2) is 13.9. The molecule has 0 aliphatic heterocycles. The van der Waals surface area contributed by atoms with Crippen LogP contribution in [0.2, 0.25) is 0 Å². The highest BCUT2D eigenvalue weighted by Gasteiger charge is 2.29. The molecule has 0 bridgehead atoms. The van der Waals surface area contributed by atoms with Gasteiger partial charge < -0.3 is 15.1 Å². The Labute approximate surface area is 228 Å². The maximum atomic E-state index is 13.7. The summed E-state index contributed by atoms with van der Waals surface area (Å²) in [6.07, 6.45) is 6.54. The van der Waals surface area contributed by atoms with Gasteiger partial charge in [-0.15, -0.1) is 0 Å². The van der Waals surface area contributed by atoms with E-state index in [0.29, 0.717) is 13.0 Å². The van der Waals surface area contributed by atoms with Gasteiger partial charge in [-0.05, 0) is 67.6 Å². The molecule has 0 radical (unpaired) electrons. The summed E-state index contributed by atoms with van der Waals surface area (Å²) in [6, 6.07) is 24.0. The van der Waals surface area contributed by atoms with Crippen LogP contribution in [0.15, 0.2) is 84.9 Å². The molecule has 0 heterocycles. The van der Waals surface area contributed by atoms with Crippen LogP contribution in [0.4, 0.5) is 0 Å². The predicted octanol–water partition coefficient (Wildman–Crippen LogP) is 5.63. The highest BCUT2D eigenvalue weighted by Crippen LogP contribution is 2.19. The van der Waals surface area contributed by atoms with Crippen LogP contribution in [-0.4, -0.2) is 60.4 Å². The van der Waals surface area contributed by atoms with E-state index in [-0.39, 0.29) is 17.4 Å². The van der Waals surface area contributed by atoms with Crippen molar-refractivity contribution in [3.05, 3.63) is 96.1 Å². The van der Waals surface area contributed by atoms with Gasteiger partial charge in [0.05, 0.1) is 0 Å². The monoisotopic (exact) mass is 513 g/mol. The molecule has 3 rings (SSSR count). The number of nitrogens with zero attached hydrogens (tertiary/aromatic N) is 2. The number of amides is 2. The molecule has 0 aromatic heterocycles. The average Bonchev–Trinajstić information content (AvgIpc) is 2.93. The molecule has 0 saturated heterocycles. The van der Waals surface area contributed by atoms with Gasteiger partial charge in [0.2, 0.25) is 11.8 Å². The third-order valence-corrected chi connectivity index (χ3v) is 7.04. The number of carbonyl (C=O) groups excluding carboxylic acids is 2. The third-order valence-electron chi connectivity index (χ3n) is 7.04. The molecular formula is C33H43N3O2. The largest absolute Gasteiger partial charge is 0.344 e. The lowest BCUT2D eigenvalue weighted by molar-refractivity contribution is -0.141. The first-order valence-electron chi connectivity index (χ1n) is 13.6. The molecule has 5 nitrogen and oxygen atoms in total. The molecule has 0 aliphatic carbocycles. The number of hydrogen-bond donors (Lipinski definition) is 1. The summed E-state index contributed by atoms with van der Waals surface area (Å²) in [5.74, 6) is -0.213. The Balaban J connectivity index is 1.77. The minimum Gasteiger partial charge on any atom is -0.344 e. The molecule has 0 spiro atoms. The normalized spacial score (nSPS) is 12.6. The quantitative estimate of drug-likeness (QED) is 0.301. The Morgan fingerprint density at radius 2 is 1.61 bits per heavy atom. The molecule has 1 N–H and O–H groups in total. The second-order valence-electron chi connectivity index (χ2n) is 10.8. The summed E-state index contributed by atoms with van der Waals surface area (Å²) in [7, 11) is 3.57. The first-order chi connectivity index (χ1) is 18.2. The molecule has 3 aromatic carbocycles. The van der Waals surface area contributed by atoms with Crippen molar-refractivity contribution >= 4 is 22.6 Å². The topological polar surface area (TPSA) is 52.7 Å². The second-order valence-corrected chi connectivity index (χ2v) is 10.8. The fraction of sp³-hybridized carbons (Fsp3) is 0.394. The summed E-state index contributed by atoms with van der Waals surface area (Å²) >= 11 is 0. The number of carbonyl (C=O) groups is 2. The average molecular weight is 514 g/mol. The number of likely N-dealkylation sites (N-methyl/N-ethyl adjacent to an activating group) is 2. The van der Waals surface area contributed by atoms with Crippen LogP contribution < -0.4 is 5.32 Å². The minimum atomic E-state index is -0.597. The van der Waals surface area contributed by atoms with Crippen molar-refractivity contribution in [1.82, 2.24) is 15.1 Å². The van der Waals surface area contributed by atoms with Gasteiger partial charge in [0.1, 0.15) is 6.04 Å². The highest BCUT2D eigenvalue weighted by atomic mass is 16.2. The van der Waals surface area contributed by atoms with Crippen LogP contribution in [-0.2, 0) is 22.4 Å². The van der Waals surface area contributed by atoms with E-state index in [4.69, 9.17) is 0 Å². The van der Waals surface area contributed by atoms with Crippen LogP contribution in [0, 0.1) is 0 Å². The van der Waals surface area contributed by atoms with Crippen molar-refractivity contribution in [2.45, 2.75) is 58.0 Å². The van der Waals surface area contributed by atoms with Crippen molar-refractivity contribution in [3.63, 3.8) is 0 Å². The summed E-state index contributed by atoms with van der Waals surface area (Å²) in [5.41, 5.74) is 2.13. The lowest BCUT2D eigenvalue weighted by Crippen LogP contribution is -2.49. The zero-order valence-electron chi connectivity index (χ0n) is 23.6. The van der Waals surface area contributed by atoms with Gasteiger partial charge in [0.15, 0.2) is 0 Å². The Morgan fingerprint density at radius 1 is 0.921 bits per heavy atom. The summed E-state index contributed by atoms with van der Waals surface area (Å²) in [4.78, 5) is 30.3. The standard InChI is InChI=1S/C33H43N3O2/c1-6-22-34-33(2,3)21-12-17-31(37)36(5)30(25-27-18-19-28-15-10-11-16-29(28)24-27)32(38)35(4)23-20-26-13-8-7-9-14-26/h7-19,24,30,34H,6,20-23,25H2,1-5H3/b17-12+/t30-/m1/s1. The molecule has 5 heteroatoms. The van der Waals surface area contributed by atoms with Gasteiger partial charge in [-0.3, -0.25) is 9.59 Å². The van der Waals surface area contributed by atoms with Crippen LogP contribution in [0.25, 0.3) is 10.8 Å². The van der Waals surface area contributed by atoms with E-state index in [1.807, 2.05) is 43.5 Å². The smallest absolute Gasteiger partial charge is 0.246 e. The summed E-state index contributed by atoms with van der Waals surface area (Å²) < 4.78 is 0. The minimum absolute atomic E-state index is 0.0525. The molecule has 0 unspecified atom stereocenters. The van der Waals surface area contributed by atoms with Crippen LogP contribution in [0.5, 0.6) is 0 Å². The van der Waals surface area contributed by atoms with Crippen molar-refractivity contribution in [1.29, 1.82) is 0 Å². The van der Waals surface area contributed by atoms with E-state index in [9.17, 15) is 9.59 Å². The van der Waals surface area contributed by atoms with Crippen LogP contribution in [0.1, 0.15) is 44.7 Å². The highest BCUT2D eigenvalue weighted by molar-refractivity contribution is 5.93. The summed E-state index contributed by atoms with van der Waals surface area (Å²) in [5, 5.41) is 5.79. The van der Waals surface area contributed by atoms with Gasteiger partial charge >= 0.3 is 0 Å². The van der Waals surface area contributed by atoms with Crippen molar-refractivity contribution < 1.29 is 9.59 Å². The Hall–Kier alpha value is -3.44. The Bertz CT molecular complexity index is 1220. The molecule has 1 atom stereocenters. The predicted molar refractivity (Wildman–Crippen MR) is 158 cm³/mol. The van der Waals surface area contributed by atoms with Gasteiger partial charge in [0, 0.05) is 32.6 Å². The van der Waals surface area contributed by atoms with Crippen LogP contribution >= 0.6 is 0 Å². The number of benzene rings is 3. The SMILES string of the molecule is CCCNC(C)(C)C/C=C/C(=O)N(C)[C@H](Cc1ccc2ccccc2c1)C(=O)N(C)CCc1ccccc1. The van der Waals surface area contributed by atoms with Gasteiger partial charge in [-0.2, -0.15) is 0 Å². The zero-order valence-corrected chi connectivity index (χ0v) is 23.6. The number of fused-ring (bicyclic) bond motifs is 1. The Kier molecular flexibility index (Phi) is 10.7. The van der Waals surface area contributed by atoms with Crippen molar-refractivity contribution in [2.75, 3.05) is 27.2 Å². The fourth-order valence-electron chi connectivity index (χ4n) is 4.55. The van der Waals surface area contributed by atoms with Gasteiger partial charge in [0.25, 0.3) is 0 Å². The molecule has 38 heavy (non-hydrogen) atoms. The van der Waals surface area contributed by atoms with E-state index < -0.39 is 6.04 Å². The molecular weight excluding hydrogens is 470 g/mol. The van der Waals surface area contributed by atoms with Crippen LogP contribution in [0.3, 0.4) is 0 Å². The maximum absolute atomic E-state index is 13.7. The van der Waals surface area contributed by atoms with Gasteiger partial charge in [-0.1, -0.05) is 85.8 Å². The number of nitrogens with one attached hydrogen (secondary N) is 1. The molecule has 0 aliphatic rings. The molecule has 0 fully saturated rings. The number of rotatable bonds is 13. The molecule has 3 aromatic rings. The first-order valence-corrected chi connectivity index (χ1v) is 13.6. The third kappa shape index (κ3) is 8.56. The maximum Gasteiger partial charge on any atom is 0.246 e. The molecule has 202 valence electrons. The van der Waals surface area contributed by atoms with E-state index in [2.05, 4.69) is 68.6 Å². The lowest BCUT2D eigenvalue weighted by atomic mass is 9.99. The summed E-state index contributed by atoms with van der Waals surface area (Å²) in [6.45, 7) is 7.93. The molecule has 0 saturated carbocycles. The fourth-order valence-corrected chi connectivity index (χ4v) is 4.55. The number of hydrogen-bond acceptors (Lipinski definition) is 3. The van der Waals surface area contributed by atoms with E-state index in [1.165, 1.54) is 5.56 Å². The zero-order chi connectivity index (χ0) is 27.5. The Morgan fingerprint density at radius 3 is 2.32 bits per heavy atom. The van der Waals surface area contributed by atoms with E-state index >= 15 is 0 Å². The van der Waals surface area contributed by atoms with Gasteiger partial charge in [-0.25, -0.2) is 0 Å². The first kappa shape index (κ1) is 29.1. The van der Waals surface area contributed by atoms with Crippen molar-refractivity contribution in [3.8, 4) is 0 Å². The lowest BCUT2D eigenvalue weighted by Gasteiger charge is -2.31. The van der Waals surface area contributed by atoms with Crippen molar-refractivity contribution in [2.24, 2.45) is 0 Å². The molecule has 2 amide bonds.